The molecule has 0 aliphatic rings. The minimum absolute atomic E-state index is 0.286. The van der Waals surface area contributed by atoms with Crippen LogP contribution in [0.3, 0.4) is 0 Å². The Morgan fingerprint density at radius 3 is 2.12 bits per heavy atom. The van der Waals surface area contributed by atoms with Gasteiger partial charge in [-0.15, -0.1) is 6.58 Å². The lowest BCUT2D eigenvalue weighted by Gasteiger charge is -2.38. The highest BCUT2D eigenvalue weighted by Gasteiger charge is 2.35. The van der Waals surface area contributed by atoms with Crippen LogP contribution in [0.5, 0.6) is 0 Å². The SMILES string of the molecule is C=CC[C@H](C(=O)C=C)N(C(=O)O)C(C)(C)C. The molecule has 0 aromatic rings. The molecule has 0 radical (unpaired) electrons. The van der Waals surface area contributed by atoms with Gasteiger partial charge in [-0.05, 0) is 33.3 Å². The first-order valence-electron chi connectivity index (χ1n) is 5.05. The van der Waals surface area contributed by atoms with E-state index < -0.39 is 17.7 Å². The first kappa shape index (κ1) is 14.4. The van der Waals surface area contributed by atoms with Crippen LogP contribution in [0.4, 0.5) is 4.79 Å². The van der Waals surface area contributed by atoms with E-state index in [1.807, 2.05) is 0 Å². The average molecular weight is 225 g/mol. The van der Waals surface area contributed by atoms with Gasteiger partial charge in [0.15, 0.2) is 5.78 Å². The van der Waals surface area contributed by atoms with Gasteiger partial charge < -0.3 is 5.11 Å². The number of nitrogens with zero attached hydrogens (tertiary/aromatic N) is 1. The van der Waals surface area contributed by atoms with Crippen molar-refractivity contribution in [2.24, 2.45) is 0 Å². The molecule has 1 N–H and O–H groups in total. The normalized spacial score (nSPS) is 12.7. The van der Waals surface area contributed by atoms with Gasteiger partial charge in [0, 0.05) is 5.54 Å². The minimum Gasteiger partial charge on any atom is -0.465 e. The number of carbonyl (C=O) groups excluding carboxylic acids is 1. The van der Waals surface area contributed by atoms with Gasteiger partial charge in [-0.2, -0.15) is 0 Å². The number of carboxylic acid groups (broad SMARTS) is 1. The molecule has 0 spiro atoms. The summed E-state index contributed by atoms with van der Waals surface area (Å²) in [6.45, 7) is 12.1. The summed E-state index contributed by atoms with van der Waals surface area (Å²) in [7, 11) is 0. The topological polar surface area (TPSA) is 57.6 Å². The quantitative estimate of drug-likeness (QED) is 0.577. The largest absolute Gasteiger partial charge is 0.465 e. The highest BCUT2D eigenvalue weighted by molar-refractivity contribution is 5.95. The van der Waals surface area contributed by atoms with E-state index in [-0.39, 0.29) is 12.2 Å². The van der Waals surface area contributed by atoms with E-state index in [4.69, 9.17) is 5.11 Å². The molecular formula is C12H19NO3. The molecule has 0 aromatic heterocycles. The fraction of sp³-hybridized carbons (Fsp3) is 0.500. The Labute approximate surface area is 96.3 Å². The number of hydrogen-bond acceptors (Lipinski definition) is 2. The second-order valence-corrected chi connectivity index (χ2v) is 4.47. The van der Waals surface area contributed by atoms with Gasteiger partial charge in [0.25, 0.3) is 0 Å². The van der Waals surface area contributed by atoms with Gasteiger partial charge in [-0.25, -0.2) is 4.79 Å². The summed E-state index contributed by atoms with van der Waals surface area (Å²) in [6, 6.07) is -0.743. The van der Waals surface area contributed by atoms with Crippen molar-refractivity contribution in [2.45, 2.75) is 38.8 Å². The molecule has 1 atom stereocenters. The second kappa shape index (κ2) is 5.49. The predicted octanol–water partition coefficient (Wildman–Crippen LogP) is 2.46. The third-order valence-corrected chi connectivity index (χ3v) is 2.16. The summed E-state index contributed by atoms with van der Waals surface area (Å²) < 4.78 is 0. The lowest BCUT2D eigenvalue weighted by Crippen LogP contribution is -2.53. The number of amides is 1. The molecule has 0 unspecified atom stereocenters. The molecule has 0 aliphatic heterocycles. The van der Waals surface area contributed by atoms with Crippen LogP contribution in [0.2, 0.25) is 0 Å². The molecule has 0 aliphatic carbocycles. The highest BCUT2D eigenvalue weighted by atomic mass is 16.4. The molecule has 0 heterocycles. The van der Waals surface area contributed by atoms with Crippen molar-refractivity contribution in [3.05, 3.63) is 25.3 Å². The molecular weight excluding hydrogens is 206 g/mol. The van der Waals surface area contributed by atoms with E-state index in [0.717, 1.165) is 11.0 Å². The van der Waals surface area contributed by atoms with Gasteiger partial charge >= 0.3 is 6.09 Å². The summed E-state index contributed by atoms with van der Waals surface area (Å²) in [5.74, 6) is -0.308. The van der Waals surface area contributed by atoms with Crippen LogP contribution in [-0.2, 0) is 4.79 Å². The Kier molecular flexibility index (Phi) is 4.95. The minimum atomic E-state index is -1.12. The number of rotatable bonds is 5. The maximum absolute atomic E-state index is 11.6. The van der Waals surface area contributed by atoms with E-state index >= 15 is 0 Å². The van der Waals surface area contributed by atoms with Crippen molar-refractivity contribution < 1.29 is 14.7 Å². The van der Waals surface area contributed by atoms with Crippen LogP contribution in [-0.4, -0.2) is 33.5 Å². The first-order chi connectivity index (χ1) is 7.25. The van der Waals surface area contributed by atoms with Gasteiger partial charge in [0.2, 0.25) is 0 Å². The molecule has 16 heavy (non-hydrogen) atoms. The van der Waals surface area contributed by atoms with Gasteiger partial charge in [-0.3, -0.25) is 9.69 Å². The Balaban J connectivity index is 5.26. The van der Waals surface area contributed by atoms with Crippen LogP contribution in [0, 0.1) is 0 Å². The zero-order chi connectivity index (χ0) is 12.9. The van der Waals surface area contributed by atoms with Crippen molar-refractivity contribution in [1.29, 1.82) is 0 Å². The van der Waals surface area contributed by atoms with E-state index in [1.54, 1.807) is 20.8 Å². The number of ketones is 1. The molecule has 4 nitrogen and oxygen atoms in total. The molecule has 1 amide bonds. The molecule has 0 saturated heterocycles. The third kappa shape index (κ3) is 3.53. The molecule has 0 rings (SSSR count). The van der Waals surface area contributed by atoms with Crippen LogP contribution < -0.4 is 0 Å². The van der Waals surface area contributed by atoms with Crippen molar-refractivity contribution in [2.75, 3.05) is 0 Å². The van der Waals surface area contributed by atoms with Crippen LogP contribution in [0.25, 0.3) is 0 Å². The van der Waals surface area contributed by atoms with E-state index in [0.29, 0.717) is 0 Å². The zero-order valence-electron chi connectivity index (χ0n) is 10.1. The zero-order valence-corrected chi connectivity index (χ0v) is 10.1. The number of hydrogen-bond donors (Lipinski definition) is 1. The van der Waals surface area contributed by atoms with Crippen molar-refractivity contribution >= 4 is 11.9 Å². The Morgan fingerprint density at radius 1 is 1.38 bits per heavy atom. The molecule has 0 aromatic carbocycles. The summed E-state index contributed by atoms with van der Waals surface area (Å²) in [4.78, 5) is 23.9. The summed E-state index contributed by atoms with van der Waals surface area (Å²) >= 11 is 0. The van der Waals surface area contributed by atoms with Crippen molar-refractivity contribution in [3.63, 3.8) is 0 Å². The average Bonchev–Trinajstić information content (AvgIpc) is 2.13. The fourth-order valence-corrected chi connectivity index (χ4v) is 1.53. The first-order valence-corrected chi connectivity index (χ1v) is 5.05. The molecule has 90 valence electrons. The van der Waals surface area contributed by atoms with E-state index in [1.165, 1.54) is 6.08 Å². The second-order valence-electron chi connectivity index (χ2n) is 4.47. The molecule has 0 fully saturated rings. The maximum atomic E-state index is 11.6. The Bertz CT molecular complexity index is 302. The Hall–Kier alpha value is -1.58. The highest BCUT2D eigenvalue weighted by Crippen LogP contribution is 2.20. The number of carbonyl (C=O) groups is 2. The summed E-state index contributed by atoms with van der Waals surface area (Å²) in [5, 5.41) is 9.16. The Morgan fingerprint density at radius 2 is 1.88 bits per heavy atom. The molecule has 0 bridgehead atoms. The predicted molar refractivity (Wildman–Crippen MR) is 63.4 cm³/mol. The summed E-state index contributed by atoms with van der Waals surface area (Å²) in [5.41, 5.74) is -0.641. The summed E-state index contributed by atoms with van der Waals surface area (Å²) in [6.07, 6.45) is 1.85. The van der Waals surface area contributed by atoms with Gasteiger partial charge in [0.1, 0.15) is 6.04 Å². The monoisotopic (exact) mass is 225 g/mol. The van der Waals surface area contributed by atoms with Crippen molar-refractivity contribution in [1.82, 2.24) is 4.90 Å². The van der Waals surface area contributed by atoms with Crippen LogP contribution in [0.1, 0.15) is 27.2 Å². The lowest BCUT2D eigenvalue weighted by molar-refractivity contribution is -0.120. The van der Waals surface area contributed by atoms with Gasteiger partial charge in [0.05, 0.1) is 0 Å². The van der Waals surface area contributed by atoms with Crippen molar-refractivity contribution in [3.8, 4) is 0 Å². The smallest absolute Gasteiger partial charge is 0.408 e. The van der Waals surface area contributed by atoms with Crippen LogP contribution in [0.15, 0.2) is 25.3 Å². The molecule has 0 saturated carbocycles. The van der Waals surface area contributed by atoms with E-state index in [9.17, 15) is 9.59 Å². The third-order valence-electron chi connectivity index (χ3n) is 2.16. The lowest BCUT2D eigenvalue weighted by atomic mass is 9.99. The van der Waals surface area contributed by atoms with E-state index in [2.05, 4.69) is 13.2 Å². The van der Waals surface area contributed by atoms with Gasteiger partial charge in [-0.1, -0.05) is 12.7 Å². The van der Waals surface area contributed by atoms with Crippen LogP contribution >= 0.6 is 0 Å². The fourth-order valence-electron chi connectivity index (χ4n) is 1.53. The standard InChI is InChI=1S/C12H19NO3/c1-6-8-9(10(14)7-2)13(11(15)16)12(3,4)5/h6-7,9H,1-2,8H2,3-5H3,(H,15,16)/t9-/m1/s1. The maximum Gasteiger partial charge on any atom is 0.408 e. The molecule has 4 heteroatoms.